The summed E-state index contributed by atoms with van der Waals surface area (Å²) in [4.78, 5) is 20.1. The van der Waals surface area contributed by atoms with Crippen LogP contribution in [0, 0.1) is 0 Å². The molecular weight excluding hydrogens is 316 g/mol. The molecule has 0 radical (unpaired) electrons. The summed E-state index contributed by atoms with van der Waals surface area (Å²) in [6, 6.07) is 6.33. The number of guanidine groups is 1. The van der Waals surface area contributed by atoms with E-state index in [1.165, 1.54) is 11.1 Å². The summed E-state index contributed by atoms with van der Waals surface area (Å²) in [5.41, 5.74) is 2.63. The van der Waals surface area contributed by atoms with Crippen molar-refractivity contribution in [2.24, 2.45) is 4.99 Å². The molecule has 0 aromatic heterocycles. The number of carbonyl (C=O) groups excluding carboxylic acids is 1. The number of nitrogens with one attached hydrogen (secondary N) is 1. The van der Waals surface area contributed by atoms with Crippen molar-refractivity contribution in [3.63, 3.8) is 0 Å². The average Bonchev–Trinajstić information content (AvgIpc) is 2.62. The lowest BCUT2D eigenvalue weighted by Gasteiger charge is -2.32. The van der Waals surface area contributed by atoms with Crippen molar-refractivity contribution in [2.75, 3.05) is 40.3 Å². The summed E-state index contributed by atoms with van der Waals surface area (Å²) in [5, 5.41) is 3.30. The van der Waals surface area contributed by atoms with Crippen molar-refractivity contribution in [1.82, 2.24) is 15.1 Å². The minimum absolute atomic E-state index is 0.00512. The fourth-order valence-electron chi connectivity index (χ4n) is 2.73. The topological polar surface area (TPSA) is 57.2 Å². The Labute approximate surface area is 150 Å². The van der Waals surface area contributed by atoms with Gasteiger partial charge >= 0.3 is 0 Å². The standard InChI is InChI=1S/C19H30N4O2/c1-5-11-25-17-8-7-16-14-23(10-9-15(16)12-17)19(20-6-2)21-13-18(24)22(3)4/h7-8,12H,5-6,9-11,13-14H2,1-4H3,(H,20,21). The molecule has 1 aromatic carbocycles. The third kappa shape index (κ3) is 5.37. The third-order valence-electron chi connectivity index (χ3n) is 4.16. The van der Waals surface area contributed by atoms with E-state index in [0.29, 0.717) is 0 Å². The number of ether oxygens (including phenoxy) is 1. The second kappa shape index (κ2) is 9.30. The third-order valence-corrected chi connectivity index (χ3v) is 4.16. The molecule has 0 aliphatic carbocycles. The fourth-order valence-corrected chi connectivity index (χ4v) is 2.73. The molecule has 1 aromatic rings. The van der Waals surface area contributed by atoms with Gasteiger partial charge in [0.05, 0.1) is 6.61 Å². The first-order valence-electron chi connectivity index (χ1n) is 9.03. The molecule has 1 amide bonds. The lowest BCUT2D eigenvalue weighted by atomic mass is 9.99. The zero-order chi connectivity index (χ0) is 18.2. The zero-order valence-electron chi connectivity index (χ0n) is 15.8. The van der Waals surface area contributed by atoms with Crippen LogP contribution >= 0.6 is 0 Å². The largest absolute Gasteiger partial charge is 0.494 e. The number of aliphatic imine (C=N–C) groups is 1. The molecule has 6 heteroatoms. The fraction of sp³-hybridized carbons (Fsp3) is 0.579. The van der Waals surface area contributed by atoms with Crippen molar-refractivity contribution in [2.45, 2.75) is 33.2 Å². The van der Waals surface area contributed by atoms with Crippen LogP contribution in [0.25, 0.3) is 0 Å². The molecule has 1 N–H and O–H groups in total. The van der Waals surface area contributed by atoms with Crippen LogP contribution in [0.1, 0.15) is 31.4 Å². The van der Waals surface area contributed by atoms with Gasteiger partial charge in [-0.05, 0) is 43.0 Å². The summed E-state index contributed by atoms with van der Waals surface area (Å²) in [6.45, 7) is 7.53. The van der Waals surface area contributed by atoms with Crippen LogP contribution in [-0.4, -0.2) is 62.0 Å². The second-order valence-corrected chi connectivity index (χ2v) is 6.41. The Kier molecular flexibility index (Phi) is 7.10. The van der Waals surface area contributed by atoms with E-state index in [2.05, 4.69) is 34.3 Å². The number of nitrogens with zero attached hydrogens (tertiary/aromatic N) is 3. The normalized spacial score (nSPS) is 14.1. The summed E-state index contributed by atoms with van der Waals surface area (Å²) in [7, 11) is 3.50. The molecule has 2 rings (SSSR count). The Morgan fingerprint density at radius 3 is 2.80 bits per heavy atom. The van der Waals surface area contributed by atoms with Crippen LogP contribution in [-0.2, 0) is 17.8 Å². The molecule has 0 bridgehead atoms. The Morgan fingerprint density at radius 2 is 2.12 bits per heavy atom. The van der Waals surface area contributed by atoms with Crippen LogP contribution < -0.4 is 10.1 Å². The lowest BCUT2D eigenvalue weighted by Crippen LogP contribution is -2.44. The van der Waals surface area contributed by atoms with Gasteiger partial charge in [-0.1, -0.05) is 13.0 Å². The van der Waals surface area contributed by atoms with E-state index in [-0.39, 0.29) is 12.5 Å². The highest BCUT2D eigenvalue weighted by Gasteiger charge is 2.20. The predicted octanol–water partition coefficient (Wildman–Crippen LogP) is 1.89. The number of hydrogen-bond donors (Lipinski definition) is 1. The molecule has 1 aliphatic rings. The van der Waals surface area contributed by atoms with Crippen LogP contribution in [0.3, 0.4) is 0 Å². The van der Waals surface area contributed by atoms with Gasteiger partial charge in [-0.2, -0.15) is 0 Å². The Bertz CT molecular complexity index is 613. The second-order valence-electron chi connectivity index (χ2n) is 6.41. The predicted molar refractivity (Wildman–Crippen MR) is 101 cm³/mol. The lowest BCUT2D eigenvalue weighted by molar-refractivity contribution is -0.127. The number of fused-ring (bicyclic) bond motifs is 1. The first-order chi connectivity index (χ1) is 12.0. The first kappa shape index (κ1) is 19.1. The minimum atomic E-state index is 0.00512. The molecule has 0 spiro atoms. The van der Waals surface area contributed by atoms with E-state index in [0.717, 1.165) is 50.8 Å². The number of carbonyl (C=O) groups is 1. The van der Waals surface area contributed by atoms with Gasteiger partial charge < -0.3 is 19.9 Å². The van der Waals surface area contributed by atoms with Crippen molar-refractivity contribution in [1.29, 1.82) is 0 Å². The minimum Gasteiger partial charge on any atom is -0.494 e. The zero-order valence-corrected chi connectivity index (χ0v) is 15.8. The molecule has 0 unspecified atom stereocenters. The molecule has 1 heterocycles. The molecule has 1 aliphatic heterocycles. The van der Waals surface area contributed by atoms with Gasteiger partial charge in [0.1, 0.15) is 12.3 Å². The molecule has 6 nitrogen and oxygen atoms in total. The van der Waals surface area contributed by atoms with Gasteiger partial charge in [0.2, 0.25) is 5.91 Å². The van der Waals surface area contributed by atoms with Gasteiger partial charge in [-0.25, -0.2) is 4.99 Å². The van der Waals surface area contributed by atoms with Gasteiger partial charge in [0.15, 0.2) is 5.96 Å². The van der Waals surface area contributed by atoms with E-state index in [1.807, 2.05) is 13.0 Å². The van der Waals surface area contributed by atoms with E-state index < -0.39 is 0 Å². The van der Waals surface area contributed by atoms with E-state index >= 15 is 0 Å². The van der Waals surface area contributed by atoms with Crippen molar-refractivity contribution in [3.8, 4) is 5.75 Å². The molecule has 138 valence electrons. The van der Waals surface area contributed by atoms with Crippen molar-refractivity contribution in [3.05, 3.63) is 29.3 Å². The number of likely N-dealkylation sites (N-methyl/N-ethyl adjacent to an activating group) is 1. The maximum Gasteiger partial charge on any atom is 0.243 e. The number of rotatable bonds is 6. The SMILES string of the molecule is CCCOc1ccc2c(c1)CCN(C(=NCC(=O)N(C)C)NCC)C2. The van der Waals surface area contributed by atoms with Crippen LogP contribution in [0.15, 0.2) is 23.2 Å². The van der Waals surface area contributed by atoms with Crippen molar-refractivity contribution < 1.29 is 9.53 Å². The highest BCUT2D eigenvalue weighted by molar-refractivity contribution is 5.85. The van der Waals surface area contributed by atoms with Crippen LogP contribution in [0.2, 0.25) is 0 Å². The van der Waals surface area contributed by atoms with Crippen LogP contribution in [0.5, 0.6) is 5.75 Å². The molecule has 0 saturated heterocycles. The summed E-state index contributed by atoms with van der Waals surface area (Å²) < 4.78 is 5.73. The van der Waals surface area contributed by atoms with Gasteiger partial charge in [0, 0.05) is 33.7 Å². The van der Waals surface area contributed by atoms with E-state index in [1.54, 1.807) is 19.0 Å². The molecule has 0 atom stereocenters. The van der Waals surface area contributed by atoms with Gasteiger partial charge in [-0.3, -0.25) is 4.79 Å². The van der Waals surface area contributed by atoms with Gasteiger partial charge in [0.25, 0.3) is 0 Å². The molecule has 0 fully saturated rings. The average molecular weight is 346 g/mol. The monoisotopic (exact) mass is 346 g/mol. The molecule has 25 heavy (non-hydrogen) atoms. The van der Waals surface area contributed by atoms with Crippen LogP contribution in [0.4, 0.5) is 0 Å². The Balaban J connectivity index is 2.07. The van der Waals surface area contributed by atoms with E-state index in [9.17, 15) is 4.79 Å². The highest BCUT2D eigenvalue weighted by Crippen LogP contribution is 2.24. The summed E-state index contributed by atoms with van der Waals surface area (Å²) >= 11 is 0. The Morgan fingerprint density at radius 1 is 1.32 bits per heavy atom. The van der Waals surface area contributed by atoms with E-state index in [4.69, 9.17) is 4.74 Å². The number of amides is 1. The summed E-state index contributed by atoms with van der Waals surface area (Å²) in [5.74, 6) is 1.76. The quantitative estimate of drug-likeness (QED) is 0.631. The highest BCUT2D eigenvalue weighted by atomic mass is 16.5. The van der Waals surface area contributed by atoms with Crippen molar-refractivity contribution >= 4 is 11.9 Å². The first-order valence-corrected chi connectivity index (χ1v) is 9.03. The summed E-state index contributed by atoms with van der Waals surface area (Å²) in [6.07, 6.45) is 1.96. The maximum absolute atomic E-state index is 11.8. The number of benzene rings is 1. The molecular formula is C19H30N4O2. The Hall–Kier alpha value is -2.24. The molecule has 0 saturated carbocycles. The van der Waals surface area contributed by atoms with Gasteiger partial charge in [-0.15, -0.1) is 0 Å². The smallest absolute Gasteiger partial charge is 0.243 e. The number of hydrogen-bond acceptors (Lipinski definition) is 3. The maximum atomic E-state index is 11.8.